The molecule has 0 radical (unpaired) electrons. The lowest BCUT2D eigenvalue weighted by molar-refractivity contribution is 0.293. The zero-order valence-corrected chi connectivity index (χ0v) is 12.4. The standard InChI is InChI=1S/C16H23FN2O/c1-12(19)14-7-6-13(10-15(14)17)20-9-5-4-8-16(2,3)11-18/h6-7,10,12H,4-5,8-9,19H2,1-3H3. The molecule has 20 heavy (non-hydrogen) atoms. The Labute approximate surface area is 120 Å². The van der Waals surface area contributed by atoms with Gasteiger partial charge in [0.25, 0.3) is 0 Å². The van der Waals surface area contributed by atoms with Crippen molar-refractivity contribution in [3.05, 3.63) is 29.6 Å². The zero-order chi connectivity index (χ0) is 15.2. The number of halogens is 1. The molecule has 0 heterocycles. The maximum Gasteiger partial charge on any atom is 0.131 e. The summed E-state index contributed by atoms with van der Waals surface area (Å²) in [5.41, 5.74) is 5.86. The second kappa shape index (κ2) is 7.25. The van der Waals surface area contributed by atoms with Crippen molar-refractivity contribution in [3.8, 4) is 11.8 Å². The lowest BCUT2D eigenvalue weighted by atomic mass is 9.89. The van der Waals surface area contributed by atoms with Gasteiger partial charge in [0.05, 0.1) is 18.1 Å². The van der Waals surface area contributed by atoms with Crippen LogP contribution in [0.15, 0.2) is 18.2 Å². The van der Waals surface area contributed by atoms with E-state index in [2.05, 4.69) is 6.07 Å². The third-order valence-corrected chi connectivity index (χ3v) is 3.23. The van der Waals surface area contributed by atoms with E-state index in [-0.39, 0.29) is 17.3 Å². The Morgan fingerprint density at radius 3 is 2.65 bits per heavy atom. The highest BCUT2D eigenvalue weighted by Crippen LogP contribution is 2.23. The third kappa shape index (κ3) is 5.18. The normalized spacial score (nSPS) is 12.8. The summed E-state index contributed by atoms with van der Waals surface area (Å²) >= 11 is 0. The fourth-order valence-corrected chi connectivity index (χ4v) is 1.88. The maximum absolute atomic E-state index is 13.7. The van der Waals surface area contributed by atoms with E-state index in [1.54, 1.807) is 19.1 Å². The highest BCUT2D eigenvalue weighted by atomic mass is 19.1. The number of nitrogens with two attached hydrogens (primary N) is 1. The highest BCUT2D eigenvalue weighted by Gasteiger charge is 2.15. The van der Waals surface area contributed by atoms with Gasteiger partial charge in [-0.25, -0.2) is 4.39 Å². The van der Waals surface area contributed by atoms with Crippen molar-refractivity contribution in [1.29, 1.82) is 5.26 Å². The van der Waals surface area contributed by atoms with Crippen molar-refractivity contribution in [1.82, 2.24) is 0 Å². The largest absolute Gasteiger partial charge is 0.493 e. The van der Waals surface area contributed by atoms with E-state index < -0.39 is 0 Å². The fourth-order valence-electron chi connectivity index (χ4n) is 1.88. The van der Waals surface area contributed by atoms with E-state index in [0.29, 0.717) is 17.9 Å². The van der Waals surface area contributed by atoms with Gasteiger partial charge in [-0.05, 0) is 46.1 Å². The summed E-state index contributed by atoms with van der Waals surface area (Å²) in [5, 5.41) is 8.90. The quantitative estimate of drug-likeness (QED) is 0.768. The molecular formula is C16H23FN2O. The monoisotopic (exact) mass is 278 g/mol. The minimum Gasteiger partial charge on any atom is -0.493 e. The molecule has 110 valence electrons. The molecule has 4 heteroatoms. The minimum atomic E-state index is -0.330. The van der Waals surface area contributed by atoms with Gasteiger partial charge in [-0.2, -0.15) is 5.26 Å². The molecule has 0 aromatic heterocycles. The Hall–Kier alpha value is -1.60. The van der Waals surface area contributed by atoms with Crippen LogP contribution in [0, 0.1) is 22.6 Å². The van der Waals surface area contributed by atoms with E-state index in [4.69, 9.17) is 15.7 Å². The van der Waals surface area contributed by atoms with Gasteiger partial charge in [0, 0.05) is 17.7 Å². The molecule has 0 fully saturated rings. The van der Waals surface area contributed by atoms with Crippen LogP contribution in [0.2, 0.25) is 0 Å². The van der Waals surface area contributed by atoms with Crippen LogP contribution in [0.1, 0.15) is 51.6 Å². The summed E-state index contributed by atoms with van der Waals surface area (Å²) in [6.07, 6.45) is 2.60. The lowest BCUT2D eigenvalue weighted by Crippen LogP contribution is -2.09. The molecule has 0 aliphatic rings. The molecule has 1 unspecified atom stereocenters. The number of nitrogens with zero attached hydrogens (tertiary/aromatic N) is 1. The van der Waals surface area contributed by atoms with E-state index >= 15 is 0 Å². The van der Waals surface area contributed by atoms with Gasteiger partial charge in [0.1, 0.15) is 11.6 Å². The minimum absolute atomic E-state index is 0.287. The van der Waals surface area contributed by atoms with Crippen LogP contribution in [0.5, 0.6) is 5.75 Å². The first-order valence-electron chi connectivity index (χ1n) is 6.95. The molecule has 0 saturated heterocycles. The number of hydrogen-bond acceptors (Lipinski definition) is 3. The number of nitriles is 1. The summed E-state index contributed by atoms with van der Waals surface area (Å²) in [4.78, 5) is 0. The van der Waals surface area contributed by atoms with E-state index in [9.17, 15) is 4.39 Å². The first-order chi connectivity index (χ1) is 9.35. The molecule has 0 amide bonds. The van der Waals surface area contributed by atoms with E-state index in [0.717, 1.165) is 19.3 Å². The van der Waals surface area contributed by atoms with Crippen LogP contribution in [-0.4, -0.2) is 6.61 Å². The number of benzene rings is 1. The molecular weight excluding hydrogens is 255 g/mol. The summed E-state index contributed by atoms with van der Waals surface area (Å²) in [6, 6.07) is 6.72. The van der Waals surface area contributed by atoms with Crippen LogP contribution < -0.4 is 10.5 Å². The highest BCUT2D eigenvalue weighted by molar-refractivity contribution is 5.30. The second-order valence-electron chi connectivity index (χ2n) is 5.77. The van der Waals surface area contributed by atoms with Crippen LogP contribution >= 0.6 is 0 Å². The second-order valence-corrected chi connectivity index (χ2v) is 5.77. The van der Waals surface area contributed by atoms with Crippen molar-refractivity contribution in [2.45, 2.75) is 46.1 Å². The van der Waals surface area contributed by atoms with Crippen LogP contribution in [0.3, 0.4) is 0 Å². The summed E-state index contributed by atoms with van der Waals surface area (Å²) in [5.74, 6) is 0.189. The van der Waals surface area contributed by atoms with Gasteiger partial charge in [0.15, 0.2) is 0 Å². The fraction of sp³-hybridized carbons (Fsp3) is 0.562. The van der Waals surface area contributed by atoms with Crippen LogP contribution in [0.25, 0.3) is 0 Å². The molecule has 3 nitrogen and oxygen atoms in total. The van der Waals surface area contributed by atoms with Crippen LogP contribution in [0.4, 0.5) is 4.39 Å². The molecule has 1 atom stereocenters. The Morgan fingerprint density at radius 2 is 2.10 bits per heavy atom. The SMILES string of the molecule is CC(N)c1ccc(OCCCCC(C)(C)C#N)cc1F. The van der Waals surface area contributed by atoms with Crippen molar-refractivity contribution < 1.29 is 9.13 Å². The molecule has 0 bridgehead atoms. The van der Waals surface area contributed by atoms with Gasteiger partial charge in [-0.3, -0.25) is 0 Å². The first-order valence-corrected chi connectivity index (χ1v) is 6.95. The number of hydrogen-bond donors (Lipinski definition) is 1. The molecule has 1 aromatic rings. The molecule has 0 aliphatic carbocycles. The maximum atomic E-state index is 13.7. The zero-order valence-electron chi connectivity index (χ0n) is 12.4. The predicted molar refractivity (Wildman–Crippen MR) is 77.7 cm³/mol. The molecule has 2 N–H and O–H groups in total. The van der Waals surface area contributed by atoms with Crippen molar-refractivity contribution in [3.63, 3.8) is 0 Å². The summed E-state index contributed by atoms with van der Waals surface area (Å²) in [6.45, 7) is 6.13. The van der Waals surface area contributed by atoms with Crippen molar-refractivity contribution in [2.24, 2.45) is 11.1 Å². The summed E-state index contributed by atoms with van der Waals surface area (Å²) in [7, 11) is 0. The molecule has 0 spiro atoms. The smallest absolute Gasteiger partial charge is 0.131 e. The first kappa shape index (κ1) is 16.5. The average molecular weight is 278 g/mol. The van der Waals surface area contributed by atoms with Gasteiger partial charge < -0.3 is 10.5 Å². The molecule has 0 saturated carbocycles. The summed E-state index contributed by atoms with van der Waals surface area (Å²) < 4.78 is 19.2. The number of ether oxygens (including phenoxy) is 1. The van der Waals surface area contributed by atoms with Crippen molar-refractivity contribution >= 4 is 0 Å². The molecule has 1 aromatic carbocycles. The van der Waals surface area contributed by atoms with Crippen LogP contribution in [-0.2, 0) is 0 Å². The van der Waals surface area contributed by atoms with E-state index in [1.165, 1.54) is 6.07 Å². The van der Waals surface area contributed by atoms with Gasteiger partial charge in [-0.15, -0.1) is 0 Å². The Bertz CT molecular complexity index is 478. The third-order valence-electron chi connectivity index (χ3n) is 3.23. The Morgan fingerprint density at radius 1 is 1.40 bits per heavy atom. The molecule has 0 aliphatic heterocycles. The van der Waals surface area contributed by atoms with Gasteiger partial charge in [-0.1, -0.05) is 6.07 Å². The lowest BCUT2D eigenvalue weighted by Gasteiger charge is -2.14. The predicted octanol–water partition coefficient (Wildman–Crippen LogP) is 3.94. The number of unbranched alkanes of at least 4 members (excludes halogenated alkanes) is 1. The van der Waals surface area contributed by atoms with Gasteiger partial charge >= 0.3 is 0 Å². The molecule has 1 rings (SSSR count). The number of rotatable bonds is 7. The van der Waals surface area contributed by atoms with E-state index in [1.807, 2.05) is 13.8 Å². The topological polar surface area (TPSA) is 59.0 Å². The van der Waals surface area contributed by atoms with Gasteiger partial charge in [0.2, 0.25) is 0 Å². The Kier molecular flexibility index (Phi) is 5.97. The Balaban J connectivity index is 2.37. The van der Waals surface area contributed by atoms with Crippen molar-refractivity contribution in [2.75, 3.05) is 6.61 Å². The average Bonchev–Trinajstić information content (AvgIpc) is 2.38.